The van der Waals surface area contributed by atoms with Crippen LogP contribution in [0.1, 0.15) is 5.69 Å². The van der Waals surface area contributed by atoms with E-state index in [0.29, 0.717) is 5.69 Å². The molecule has 0 saturated carbocycles. The van der Waals surface area contributed by atoms with Crippen molar-refractivity contribution >= 4 is 5.97 Å². The van der Waals surface area contributed by atoms with Gasteiger partial charge in [0.1, 0.15) is 0 Å². The monoisotopic (exact) mass is 307 g/mol. The average molecular weight is 308 g/mol. The molecule has 1 aromatic heterocycles. The normalized spacial score (nSPS) is 11.3. The van der Waals surface area contributed by atoms with Crippen LogP contribution in [0.2, 0.25) is 0 Å². The molecule has 3 N–H and O–H groups in total. The number of hydrogen-bond acceptors (Lipinski definition) is 6. The van der Waals surface area contributed by atoms with Crippen LogP contribution in [-0.4, -0.2) is 27.1 Å². The number of hydrogen-bond donors (Lipinski definition) is 2. The Morgan fingerprint density at radius 1 is 1.80 bits per heavy atom. The number of rotatable bonds is 4. The first-order chi connectivity index (χ1) is 6.59. The van der Waals surface area contributed by atoms with Crippen molar-refractivity contribution in [3.8, 4) is 0 Å². The zero-order valence-electron chi connectivity index (χ0n) is 7.35. The first-order valence-electron chi connectivity index (χ1n) is 3.68. The van der Waals surface area contributed by atoms with Gasteiger partial charge in [0.25, 0.3) is 0 Å². The molecule has 0 aromatic carbocycles. The van der Waals surface area contributed by atoms with Gasteiger partial charge in [0.05, 0.1) is 12.4 Å². The predicted octanol–water partition coefficient (Wildman–Crippen LogP) is -0.988. The van der Waals surface area contributed by atoms with Gasteiger partial charge in [-0.25, -0.2) is 9.82 Å². The summed E-state index contributed by atoms with van der Waals surface area (Å²) in [6.45, 7) is 0. The van der Waals surface area contributed by atoms with Crippen molar-refractivity contribution < 1.29 is 37.1 Å². The van der Waals surface area contributed by atoms with Gasteiger partial charge in [-0.3, -0.25) is 4.79 Å². The Morgan fingerprint density at radius 3 is 2.93 bits per heavy atom. The quantitative estimate of drug-likeness (QED) is 0.418. The zero-order valence-corrected chi connectivity index (χ0v) is 8.83. The van der Waals surface area contributed by atoms with Crippen molar-refractivity contribution in [1.82, 2.24) is 9.97 Å². The van der Waals surface area contributed by atoms with E-state index in [1.807, 2.05) is 0 Å². The van der Waals surface area contributed by atoms with Crippen LogP contribution < -0.4 is 5.73 Å². The third-order valence-corrected chi connectivity index (χ3v) is 1.46. The van der Waals surface area contributed by atoms with Gasteiger partial charge in [0.15, 0.2) is 0 Å². The first-order valence-corrected chi connectivity index (χ1v) is 3.68. The standard InChI is InChI=1S/C6H8N4O4.Ag/c7-5(6(11)14-10(12)13)1-4-2-8-3-9-4;/h2-3,5H,1,7H2,(H,8,9);/t5-;/m0./s1. The molecule has 8 nitrogen and oxygen atoms in total. The second-order valence-corrected chi connectivity index (χ2v) is 2.52. The summed E-state index contributed by atoms with van der Waals surface area (Å²) in [5.74, 6) is -1.08. The summed E-state index contributed by atoms with van der Waals surface area (Å²) in [5, 5.41) is 8.62. The molecule has 0 fully saturated rings. The van der Waals surface area contributed by atoms with Crippen molar-refractivity contribution in [2.45, 2.75) is 12.5 Å². The van der Waals surface area contributed by atoms with Crippen LogP contribution in [0, 0.1) is 10.1 Å². The van der Waals surface area contributed by atoms with Crippen LogP contribution >= 0.6 is 0 Å². The Kier molecular flexibility index (Phi) is 5.79. The Labute approximate surface area is 99.8 Å². The number of nitrogens with two attached hydrogens (primary N) is 1. The summed E-state index contributed by atoms with van der Waals surface area (Å²) < 4.78 is 0. The fourth-order valence-electron chi connectivity index (χ4n) is 0.858. The topological polar surface area (TPSA) is 124 Å². The van der Waals surface area contributed by atoms with Crippen LogP contribution in [0.25, 0.3) is 0 Å². The molecule has 15 heavy (non-hydrogen) atoms. The Morgan fingerprint density at radius 2 is 2.47 bits per heavy atom. The second kappa shape index (κ2) is 6.30. The van der Waals surface area contributed by atoms with Gasteiger partial charge < -0.3 is 10.7 Å². The minimum Gasteiger partial charge on any atom is -0.348 e. The molecule has 0 aliphatic rings. The second-order valence-electron chi connectivity index (χ2n) is 2.52. The minimum absolute atomic E-state index is 0. The molecule has 1 rings (SSSR count). The van der Waals surface area contributed by atoms with Gasteiger partial charge in [0.2, 0.25) is 0 Å². The van der Waals surface area contributed by atoms with Crippen LogP contribution in [0.5, 0.6) is 0 Å². The van der Waals surface area contributed by atoms with Crippen molar-refractivity contribution in [2.24, 2.45) is 5.73 Å². The number of aromatic amines is 1. The number of H-pyrrole nitrogens is 1. The van der Waals surface area contributed by atoms with E-state index in [-0.39, 0.29) is 28.8 Å². The average Bonchev–Trinajstić information content (AvgIpc) is 2.55. The summed E-state index contributed by atoms with van der Waals surface area (Å²) >= 11 is 0. The fraction of sp³-hybridized carbons (Fsp3) is 0.333. The van der Waals surface area contributed by atoms with Crippen LogP contribution in [0.4, 0.5) is 0 Å². The minimum atomic E-state index is -1.19. The molecule has 0 saturated heterocycles. The Hall–Kier alpha value is -1.22. The molecule has 1 heterocycles. The fourth-order valence-corrected chi connectivity index (χ4v) is 0.858. The zero-order chi connectivity index (χ0) is 10.6. The van der Waals surface area contributed by atoms with Gasteiger partial charge in [-0.15, -0.1) is 10.1 Å². The molecule has 0 aliphatic heterocycles. The van der Waals surface area contributed by atoms with Crippen LogP contribution in [0.15, 0.2) is 12.5 Å². The molecule has 1 aromatic rings. The van der Waals surface area contributed by atoms with E-state index >= 15 is 0 Å². The molecule has 0 aliphatic carbocycles. The van der Waals surface area contributed by atoms with E-state index in [4.69, 9.17) is 5.73 Å². The van der Waals surface area contributed by atoms with Gasteiger partial charge in [0, 0.05) is 40.7 Å². The van der Waals surface area contributed by atoms with E-state index in [2.05, 4.69) is 14.8 Å². The molecule has 0 amide bonds. The molecule has 9 heteroatoms. The van der Waals surface area contributed by atoms with Crippen molar-refractivity contribution in [2.75, 3.05) is 0 Å². The smallest absolute Gasteiger partial charge is 0.320 e. The van der Waals surface area contributed by atoms with Crippen molar-refractivity contribution in [1.29, 1.82) is 0 Å². The number of nitrogens with zero attached hydrogens (tertiary/aromatic N) is 2. The van der Waals surface area contributed by atoms with Crippen molar-refractivity contribution in [3.05, 3.63) is 28.3 Å². The van der Waals surface area contributed by atoms with Crippen LogP contribution in [0.3, 0.4) is 0 Å². The maximum Gasteiger partial charge on any atom is 0.320 e. The number of carbonyl (C=O) groups is 1. The molecule has 0 bridgehead atoms. The van der Waals surface area contributed by atoms with E-state index < -0.39 is 17.1 Å². The SMILES string of the molecule is N[C@@H](Cc1cnc[nH]1)C(=O)O[N+](=O)[O-].[Ag]. The number of carbonyl (C=O) groups excluding carboxylic acids is 1. The van der Waals surface area contributed by atoms with E-state index in [0.717, 1.165) is 0 Å². The third-order valence-electron chi connectivity index (χ3n) is 1.46. The van der Waals surface area contributed by atoms with E-state index in [1.165, 1.54) is 12.5 Å². The van der Waals surface area contributed by atoms with Crippen LogP contribution in [-0.2, 0) is 38.4 Å². The van der Waals surface area contributed by atoms with E-state index in [1.54, 1.807) is 0 Å². The van der Waals surface area contributed by atoms with Gasteiger partial charge in [-0.1, -0.05) is 0 Å². The first kappa shape index (κ1) is 13.8. The Bertz CT molecular complexity index is 328. The number of nitrogens with one attached hydrogen (secondary N) is 1. The molecular formula is C6H8AgN4O4. The molecule has 0 unspecified atom stereocenters. The molecular weight excluding hydrogens is 300 g/mol. The van der Waals surface area contributed by atoms with Gasteiger partial charge in [-0.2, -0.15) is 0 Å². The number of imidazole rings is 1. The summed E-state index contributed by atoms with van der Waals surface area (Å²) in [6, 6.07) is -1.07. The summed E-state index contributed by atoms with van der Waals surface area (Å²) in [6.07, 6.45) is 3.01. The van der Waals surface area contributed by atoms with E-state index in [9.17, 15) is 14.9 Å². The molecule has 1 atom stereocenters. The Balaban J connectivity index is 0.00000196. The summed E-state index contributed by atoms with van der Waals surface area (Å²) in [7, 11) is 0. The third kappa shape index (κ3) is 4.70. The largest absolute Gasteiger partial charge is 0.348 e. The summed E-state index contributed by atoms with van der Waals surface area (Å²) in [4.78, 5) is 30.8. The molecule has 87 valence electrons. The maximum absolute atomic E-state index is 10.9. The van der Waals surface area contributed by atoms with Crippen molar-refractivity contribution in [3.63, 3.8) is 0 Å². The maximum atomic E-state index is 10.9. The predicted molar refractivity (Wildman–Crippen MR) is 43.4 cm³/mol. The number of aromatic nitrogens is 2. The van der Waals surface area contributed by atoms with Gasteiger partial charge in [-0.05, 0) is 0 Å². The van der Waals surface area contributed by atoms with Gasteiger partial charge >= 0.3 is 11.1 Å². The molecule has 1 radical (unpaired) electrons. The molecule has 0 spiro atoms. The summed E-state index contributed by atoms with van der Waals surface area (Å²) in [5.41, 5.74) is 5.94.